The van der Waals surface area contributed by atoms with Gasteiger partial charge in [-0.1, -0.05) is 12.1 Å². The lowest BCUT2D eigenvalue weighted by molar-refractivity contribution is 0.0922. The van der Waals surface area contributed by atoms with Crippen molar-refractivity contribution in [3.63, 3.8) is 0 Å². The summed E-state index contributed by atoms with van der Waals surface area (Å²) in [6.45, 7) is 0.449. The zero-order valence-electron chi connectivity index (χ0n) is 15.7. The first-order chi connectivity index (χ1) is 13.3. The maximum Gasteiger partial charge on any atom is 0.253 e. The molecular weight excluding hydrogens is 381 g/mol. The van der Waals surface area contributed by atoms with Gasteiger partial charge in [-0.05, 0) is 55.9 Å². The standard InChI is InChI=1S/C20H24FN3O3S/c1-28(26,27)23-12-14-5-8-18(9-6-14)24-20(25)16-7-10-19(22-13-16)15-3-2-4-17(21)11-15/h2-4,7,10-11,13-14,18,23H,5-6,8-9,12H2,1H3,(H,24,25). The molecule has 150 valence electrons. The first-order valence-corrected chi connectivity index (χ1v) is 11.2. The Morgan fingerprint density at radius 3 is 2.54 bits per heavy atom. The van der Waals surface area contributed by atoms with Crippen molar-refractivity contribution in [3.8, 4) is 11.3 Å². The fourth-order valence-electron chi connectivity index (χ4n) is 3.40. The average molecular weight is 405 g/mol. The van der Waals surface area contributed by atoms with E-state index in [-0.39, 0.29) is 17.8 Å². The molecular formula is C20H24FN3O3S. The summed E-state index contributed by atoms with van der Waals surface area (Å²) in [5.41, 5.74) is 1.73. The fraction of sp³-hybridized carbons (Fsp3) is 0.400. The number of nitrogens with one attached hydrogen (secondary N) is 2. The molecule has 1 aliphatic rings. The molecule has 0 spiro atoms. The molecule has 0 atom stereocenters. The van der Waals surface area contributed by atoms with E-state index in [2.05, 4.69) is 15.0 Å². The third kappa shape index (κ3) is 5.84. The number of hydrogen-bond donors (Lipinski definition) is 2. The van der Waals surface area contributed by atoms with E-state index in [0.29, 0.717) is 29.3 Å². The molecule has 2 aromatic rings. The van der Waals surface area contributed by atoms with Gasteiger partial charge in [0.1, 0.15) is 5.82 Å². The fourth-order valence-corrected chi connectivity index (χ4v) is 3.93. The monoisotopic (exact) mass is 405 g/mol. The van der Waals surface area contributed by atoms with Crippen LogP contribution in [0.4, 0.5) is 4.39 Å². The lowest BCUT2D eigenvalue weighted by atomic mass is 9.86. The first-order valence-electron chi connectivity index (χ1n) is 9.27. The molecule has 1 aliphatic carbocycles. The van der Waals surface area contributed by atoms with E-state index >= 15 is 0 Å². The average Bonchev–Trinajstić information content (AvgIpc) is 2.67. The van der Waals surface area contributed by atoms with Gasteiger partial charge < -0.3 is 5.32 Å². The lowest BCUT2D eigenvalue weighted by Gasteiger charge is -2.29. The van der Waals surface area contributed by atoms with Gasteiger partial charge in [0.05, 0.1) is 17.5 Å². The third-order valence-electron chi connectivity index (χ3n) is 4.96. The van der Waals surface area contributed by atoms with Crippen molar-refractivity contribution in [1.82, 2.24) is 15.0 Å². The molecule has 2 N–H and O–H groups in total. The summed E-state index contributed by atoms with van der Waals surface area (Å²) in [6.07, 6.45) is 6.02. The van der Waals surface area contributed by atoms with Crippen LogP contribution in [-0.4, -0.2) is 38.2 Å². The van der Waals surface area contributed by atoms with Crippen molar-refractivity contribution in [1.29, 1.82) is 0 Å². The van der Waals surface area contributed by atoms with Gasteiger partial charge in [0.15, 0.2) is 0 Å². The van der Waals surface area contributed by atoms with Crippen LogP contribution in [0.25, 0.3) is 11.3 Å². The molecule has 1 saturated carbocycles. The van der Waals surface area contributed by atoms with E-state index in [0.717, 1.165) is 31.9 Å². The lowest BCUT2D eigenvalue weighted by Crippen LogP contribution is -2.39. The van der Waals surface area contributed by atoms with Gasteiger partial charge >= 0.3 is 0 Å². The molecule has 0 aliphatic heterocycles. The predicted octanol–water partition coefficient (Wildman–Crippen LogP) is 2.73. The molecule has 0 bridgehead atoms. The Kier molecular flexibility index (Phi) is 6.41. The zero-order valence-corrected chi connectivity index (χ0v) is 16.5. The Balaban J connectivity index is 1.51. The third-order valence-corrected chi connectivity index (χ3v) is 5.65. The molecule has 0 radical (unpaired) electrons. The highest BCUT2D eigenvalue weighted by Gasteiger charge is 2.23. The second-order valence-electron chi connectivity index (χ2n) is 7.25. The number of halogens is 1. The van der Waals surface area contributed by atoms with Crippen LogP contribution in [-0.2, 0) is 10.0 Å². The zero-order chi connectivity index (χ0) is 20.1. The van der Waals surface area contributed by atoms with Gasteiger partial charge in [-0.3, -0.25) is 9.78 Å². The summed E-state index contributed by atoms with van der Waals surface area (Å²) in [6, 6.07) is 9.62. The van der Waals surface area contributed by atoms with Crippen LogP contribution in [0.5, 0.6) is 0 Å². The second-order valence-corrected chi connectivity index (χ2v) is 9.09. The van der Waals surface area contributed by atoms with Crippen LogP contribution in [0.1, 0.15) is 36.0 Å². The molecule has 6 nitrogen and oxygen atoms in total. The number of hydrogen-bond acceptors (Lipinski definition) is 4. The topological polar surface area (TPSA) is 88.2 Å². The van der Waals surface area contributed by atoms with Crippen LogP contribution in [0.15, 0.2) is 42.6 Å². The number of nitrogens with zero attached hydrogens (tertiary/aromatic N) is 1. The van der Waals surface area contributed by atoms with E-state index in [1.165, 1.54) is 18.3 Å². The van der Waals surface area contributed by atoms with Gasteiger partial charge in [0.2, 0.25) is 10.0 Å². The summed E-state index contributed by atoms with van der Waals surface area (Å²) in [5, 5.41) is 3.02. The number of carbonyl (C=O) groups excluding carboxylic acids is 1. The van der Waals surface area contributed by atoms with Crippen molar-refractivity contribution in [3.05, 3.63) is 54.0 Å². The molecule has 1 fully saturated rings. The minimum absolute atomic E-state index is 0.0740. The Hall–Kier alpha value is -2.32. The molecule has 1 aromatic carbocycles. The van der Waals surface area contributed by atoms with E-state index < -0.39 is 10.0 Å². The first kappa shape index (κ1) is 20.4. The van der Waals surface area contributed by atoms with Crippen LogP contribution >= 0.6 is 0 Å². The quantitative estimate of drug-likeness (QED) is 0.774. The van der Waals surface area contributed by atoms with Gasteiger partial charge in [-0.25, -0.2) is 17.5 Å². The van der Waals surface area contributed by atoms with Gasteiger partial charge in [0.25, 0.3) is 5.91 Å². The van der Waals surface area contributed by atoms with Crippen molar-refractivity contribution in [2.24, 2.45) is 5.92 Å². The number of amides is 1. The summed E-state index contributed by atoms with van der Waals surface area (Å²) in [7, 11) is -3.17. The largest absolute Gasteiger partial charge is 0.349 e. The number of pyridine rings is 1. The number of aromatic nitrogens is 1. The minimum Gasteiger partial charge on any atom is -0.349 e. The second kappa shape index (κ2) is 8.79. The van der Waals surface area contributed by atoms with Crippen LogP contribution in [0, 0.1) is 11.7 Å². The Morgan fingerprint density at radius 2 is 1.93 bits per heavy atom. The molecule has 0 unspecified atom stereocenters. The molecule has 3 rings (SSSR count). The highest BCUT2D eigenvalue weighted by Crippen LogP contribution is 2.24. The van der Waals surface area contributed by atoms with Gasteiger partial charge in [-0.2, -0.15) is 0 Å². The van der Waals surface area contributed by atoms with Crippen molar-refractivity contribution < 1.29 is 17.6 Å². The SMILES string of the molecule is CS(=O)(=O)NCC1CCC(NC(=O)c2ccc(-c3cccc(F)c3)nc2)CC1. The van der Waals surface area contributed by atoms with Crippen molar-refractivity contribution in [2.45, 2.75) is 31.7 Å². The Morgan fingerprint density at radius 1 is 1.18 bits per heavy atom. The molecule has 1 aromatic heterocycles. The summed E-state index contributed by atoms with van der Waals surface area (Å²) >= 11 is 0. The Labute approximate surface area is 164 Å². The van der Waals surface area contributed by atoms with Crippen LogP contribution in [0.2, 0.25) is 0 Å². The summed E-state index contributed by atoms with van der Waals surface area (Å²) in [4.78, 5) is 16.7. The number of benzene rings is 1. The molecule has 28 heavy (non-hydrogen) atoms. The predicted molar refractivity (Wildman–Crippen MR) is 106 cm³/mol. The normalized spacial score (nSPS) is 19.9. The van der Waals surface area contributed by atoms with Gasteiger partial charge in [-0.15, -0.1) is 0 Å². The van der Waals surface area contributed by atoms with Gasteiger partial charge in [0, 0.05) is 24.3 Å². The molecule has 1 heterocycles. The van der Waals surface area contributed by atoms with E-state index in [4.69, 9.17) is 0 Å². The van der Waals surface area contributed by atoms with E-state index in [1.54, 1.807) is 24.3 Å². The highest BCUT2D eigenvalue weighted by molar-refractivity contribution is 7.88. The van der Waals surface area contributed by atoms with E-state index in [1.807, 2.05) is 0 Å². The summed E-state index contributed by atoms with van der Waals surface area (Å²) < 4.78 is 38.2. The van der Waals surface area contributed by atoms with Crippen LogP contribution in [0.3, 0.4) is 0 Å². The van der Waals surface area contributed by atoms with Crippen molar-refractivity contribution >= 4 is 15.9 Å². The smallest absolute Gasteiger partial charge is 0.253 e. The number of carbonyl (C=O) groups is 1. The number of sulfonamides is 1. The maximum atomic E-state index is 13.3. The maximum absolute atomic E-state index is 13.3. The van der Waals surface area contributed by atoms with E-state index in [9.17, 15) is 17.6 Å². The minimum atomic E-state index is -3.17. The number of rotatable bonds is 6. The molecule has 0 saturated heterocycles. The van der Waals surface area contributed by atoms with Crippen molar-refractivity contribution in [2.75, 3.05) is 12.8 Å². The highest BCUT2D eigenvalue weighted by atomic mass is 32.2. The molecule has 1 amide bonds. The molecule has 8 heteroatoms. The summed E-state index contributed by atoms with van der Waals surface area (Å²) in [5.74, 6) is -0.213. The van der Waals surface area contributed by atoms with Crippen LogP contribution < -0.4 is 10.0 Å². The Bertz CT molecular complexity index is 924.